The fraction of sp³-hybridized carbons (Fsp3) is 0.750. The van der Waals surface area contributed by atoms with Crippen molar-refractivity contribution in [2.45, 2.75) is 33.2 Å². The van der Waals surface area contributed by atoms with Gasteiger partial charge in [-0.3, -0.25) is 14.7 Å². The third-order valence-electron chi connectivity index (χ3n) is 5.96. The summed E-state index contributed by atoms with van der Waals surface area (Å²) in [6.45, 7) is 14.2. The van der Waals surface area contributed by atoms with Gasteiger partial charge in [-0.25, -0.2) is 4.98 Å². The van der Waals surface area contributed by atoms with Crippen LogP contribution in [-0.4, -0.2) is 95.0 Å². The number of hydrogen-bond donors (Lipinski definition) is 1. The number of rotatable bonds is 5. The van der Waals surface area contributed by atoms with E-state index in [1.165, 1.54) is 0 Å². The number of piperazine rings is 1. The number of halogens is 1. The van der Waals surface area contributed by atoms with E-state index in [9.17, 15) is 4.79 Å². The summed E-state index contributed by atoms with van der Waals surface area (Å²) in [6.07, 6.45) is 7.00. The number of likely N-dealkylation sites (tertiary alicyclic amines) is 1. The second kappa shape index (κ2) is 11.7. The normalized spacial score (nSPS) is 23.6. The topological polar surface area (TPSA) is 69.0 Å². The molecule has 3 heterocycles. The van der Waals surface area contributed by atoms with Crippen molar-refractivity contribution in [3.05, 3.63) is 18.7 Å². The van der Waals surface area contributed by atoms with Gasteiger partial charge in [-0.15, -0.1) is 24.0 Å². The van der Waals surface area contributed by atoms with Crippen LogP contribution in [0.15, 0.2) is 23.7 Å². The van der Waals surface area contributed by atoms with E-state index in [0.717, 1.165) is 71.3 Å². The van der Waals surface area contributed by atoms with Crippen molar-refractivity contribution in [3.63, 3.8) is 0 Å². The van der Waals surface area contributed by atoms with Crippen LogP contribution in [0.25, 0.3) is 0 Å². The molecule has 0 radical (unpaired) electrons. The summed E-state index contributed by atoms with van der Waals surface area (Å²) in [6, 6.07) is 0.430. The zero-order chi connectivity index (χ0) is 19.9. The molecule has 0 bridgehead atoms. The van der Waals surface area contributed by atoms with Crippen molar-refractivity contribution in [1.29, 1.82) is 0 Å². The largest absolute Gasteiger partial charge is 0.357 e. The van der Waals surface area contributed by atoms with Gasteiger partial charge in [0.15, 0.2) is 5.96 Å². The van der Waals surface area contributed by atoms with E-state index in [1.54, 1.807) is 6.92 Å². The number of guanidine groups is 1. The average molecular weight is 517 g/mol. The van der Waals surface area contributed by atoms with Crippen LogP contribution < -0.4 is 5.32 Å². The first-order chi connectivity index (χ1) is 13.6. The van der Waals surface area contributed by atoms with E-state index in [1.807, 2.05) is 17.4 Å². The summed E-state index contributed by atoms with van der Waals surface area (Å²) >= 11 is 0. The molecule has 2 aliphatic rings. The van der Waals surface area contributed by atoms with Crippen LogP contribution in [0.1, 0.15) is 33.2 Å². The van der Waals surface area contributed by atoms with E-state index in [0.29, 0.717) is 12.0 Å². The van der Waals surface area contributed by atoms with Gasteiger partial charge in [0, 0.05) is 71.7 Å². The zero-order valence-electron chi connectivity index (χ0n) is 18.0. The van der Waals surface area contributed by atoms with E-state index in [2.05, 4.69) is 44.7 Å². The summed E-state index contributed by atoms with van der Waals surface area (Å²) in [7, 11) is 0. The highest BCUT2D eigenvalue weighted by Crippen LogP contribution is 2.27. The Morgan fingerprint density at radius 2 is 1.97 bits per heavy atom. The van der Waals surface area contributed by atoms with Crippen LogP contribution in [0, 0.1) is 5.92 Å². The van der Waals surface area contributed by atoms with Crippen LogP contribution in [-0.2, 0) is 4.79 Å². The lowest BCUT2D eigenvalue weighted by Crippen LogP contribution is -2.50. The molecule has 164 valence electrons. The number of hydrogen-bond acceptors (Lipinski definition) is 4. The smallest absolute Gasteiger partial charge is 0.219 e. The molecule has 2 fully saturated rings. The highest BCUT2D eigenvalue weighted by molar-refractivity contribution is 14.0. The van der Waals surface area contributed by atoms with Crippen LogP contribution in [0.4, 0.5) is 0 Å². The van der Waals surface area contributed by atoms with Crippen molar-refractivity contribution in [2.24, 2.45) is 10.9 Å². The van der Waals surface area contributed by atoms with Gasteiger partial charge in [0.05, 0.1) is 18.9 Å². The Morgan fingerprint density at radius 1 is 1.21 bits per heavy atom. The number of aliphatic imine (C=N–C) groups is 1. The number of amides is 1. The quantitative estimate of drug-likeness (QED) is 0.365. The van der Waals surface area contributed by atoms with Gasteiger partial charge in [-0.2, -0.15) is 0 Å². The maximum absolute atomic E-state index is 11.5. The SMILES string of the molecule is CCNC(=NCCN1CCN(C(C)=O)CC1)N1CCC(C)C(n2ccnc2)C1.I. The van der Waals surface area contributed by atoms with Crippen LogP contribution in [0.3, 0.4) is 0 Å². The summed E-state index contributed by atoms with van der Waals surface area (Å²) in [5, 5.41) is 3.47. The van der Waals surface area contributed by atoms with Gasteiger partial charge in [0.2, 0.25) is 5.91 Å². The van der Waals surface area contributed by atoms with E-state index in [-0.39, 0.29) is 29.9 Å². The standard InChI is InChI=1S/C20H35N7O.HI/c1-4-22-20(23-7-9-24-11-13-25(14-12-24)18(3)28)26-8-5-17(2)19(15-26)27-10-6-21-16-27;/h6,10,16-17,19H,4-5,7-9,11-15H2,1-3H3,(H,22,23);1H. The Labute approximate surface area is 191 Å². The number of aromatic nitrogens is 2. The molecule has 0 aromatic carbocycles. The highest BCUT2D eigenvalue weighted by Gasteiger charge is 2.29. The molecular formula is C20H36IN7O. The van der Waals surface area contributed by atoms with Crippen molar-refractivity contribution < 1.29 is 4.79 Å². The molecule has 1 N–H and O–H groups in total. The first kappa shape index (κ1) is 23.9. The summed E-state index contributed by atoms with van der Waals surface area (Å²) < 4.78 is 2.23. The second-order valence-corrected chi connectivity index (χ2v) is 7.87. The monoisotopic (exact) mass is 517 g/mol. The van der Waals surface area contributed by atoms with Gasteiger partial charge in [-0.1, -0.05) is 6.92 Å². The molecular weight excluding hydrogens is 481 g/mol. The molecule has 2 saturated heterocycles. The zero-order valence-corrected chi connectivity index (χ0v) is 20.3. The second-order valence-electron chi connectivity index (χ2n) is 7.87. The maximum Gasteiger partial charge on any atom is 0.219 e. The number of carbonyl (C=O) groups is 1. The van der Waals surface area contributed by atoms with Crippen molar-refractivity contribution in [2.75, 3.05) is 58.9 Å². The van der Waals surface area contributed by atoms with Gasteiger partial charge in [0.1, 0.15) is 0 Å². The summed E-state index contributed by atoms with van der Waals surface area (Å²) in [5.41, 5.74) is 0. The molecule has 0 aliphatic carbocycles. The first-order valence-corrected chi connectivity index (χ1v) is 10.6. The highest BCUT2D eigenvalue weighted by atomic mass is 127. The fourth-order valence-electron chi connectivity index (χ4n) is 4.10. The Morgan fingerprint density at radius 3 is 2.59 bits per heavy atom. The number of piperidine rings is 1. The molecule has 2 unspecified atom stereocenters. The maximum atomic E-state index is 11.5. The lowest BCUT2D eigenvalue weighted by Gasteiger charge is -2.39. The number of imidazole rings is 1. The first-order valence-electron chi connectivity index (χ1n) is 10.6. The Kier molecular flexibility index (Phi) is 9.67. The van der Waals surface area contributed by atoms with Crippen molar-refractivity contribution >= 4 is 35.8 Å². The molecule has 1 aromatic heterocycles. The third kappa shape index (κ3) is 6.56. The van der Waals surface area contributed by atoms with Gasteiger partial charge < -0.3 is 19.7 Å². The number of nitrogens with zero attached hydrogens (tertiary/aromatic N) is 6. The Bertz CT molecular complexity index is 643. The van der Waals surface area contributed by atoms with Gasteiger partial charge >= 0.3 is 0 Å². The number of carbonyl (C=O) groups excluding carboxylic acids is 1. The molecule has 2 atom stereocenters. The molecule has 3 rings (SSSR count). The van der Waals surface area contributed by atoms with Gasteiger partial charge in [0.25, 0.3) is 0 Å². The molecule has 2 aliphatic heterocycles. The summed E-state index contributed by atoms with van der Waals surface area (Å²) in [5.74, 6) is 1.83. The van der Waals surface area contributed by atoms with Gasteiger partial charge in [-0.05, 0) is 19.3 Å². The predicted octanol–water partition coefficient (Wildman–Crippen LogP) is 1.51. The molecule has 1 amide bonds. The van der Waals surface area contributed by atoms with E-state index < -0.39 is 0 Å². The summed E-state index contributed by atoms with van der Waals surface area (Å²) in [4.78, 5) is 27.3. The Hall–Kier alpha value is -1.36. The average Bonchev–Trinajstić information content (AvgIpc) is 3.23. The fourth-order valence-corrected chi connectivity index (χ4v) is 4.10. The predicted molar refractivity (Wildman–Crippen MR) is 127 cm³/mol. The molecule has 0 saturated carbocycles. The lowest BCUT2D eigenvalue weighted by atomic mass is 9.93. The minimum Gasteiger partial charge on any atom is -0.357 e. The van der Waals surface area contributed by atoms with E-state index in [4.69, 9.17) is 4.99 Å². The molecule has 1 aromatic rings. The molecule has 0 spiro atoms. The molecule has 9 heteroatoms. The number of nitrogens with one attached hydrogen (secondary N) is 1. The third-order valence-corrected chi connectivity index (χ3v) is 5.96. The van der Waals surface area contributed by atoms with Crippen LogP contribution in [0.2, 0.25) is 0 Å². The minimum atomic E-state index is 0. The molecule has 8 nitrogen and oxygen atoms in total. The van der Waals surface area contributed by atoms with Crippen LogP contribution in [0.5, 0.6) is 0 Å². The molecule has 29 heavy (non-hydrogen) atoms. The lowest BCUT2D eigenvalue weighted by molar-refractivity contribution is -0.130. The minimum absolute atomic E-state index is 0. The van der Waals surface area contributed by atoms with Crippen molar-refractivity contribution in [1.82, 2.24) is 29.6 Å². The van der Waals surface area contributed by atoms with Crippen molar-refractivity contribution in [3.8, 4) is 0 Å². The van der Waals surface area contributed by atoms with E-state index >= 15 is 0 Å². The Balaban J connectivity index is 0.00000300. The van der Waals surface area contributed by atoms with Crippen LogP contribution >= 0.6 is 24.0 Å².